The molecular weight excluding hydrogens is 478 g/mol. The van der Waals surface area contributed by atoms with Gasteiger partial charge in [-0.05, 0) is 55.7 Å². The van der Waals surface area contributed by atoms with Crippen LogP contribution in [0.2, 0.25) is 0 Å². The zero-order valence-electron chi connectivity index (χ0n) is 22.4. The van der Waals surface area contributed by atoms with Gasteiger partial charge in [-0.1, -0.05) is 31.9 Å². The van der Waals surface area contributed by atoms with Crippen LogP contribution >= 0.6 is 0 Å². The summed E-state index contributed by atoms with van der Waals surface area (Å²) < 4.78 is 5.39. The lowest BCUT2D eigenvalue weighted by Gasteiger charge is -2.14. The highest BCUT2D eigenvalue weighted by Crippen LogP contribution is 2.27. The normalized spacial score (nSPS) is 12.0. The van der Waals surface area contributed by atoms with Gasteiger partial charge in [0, 0.05) is 40.7 Å². The van der Waals surface area contributed by atoms with Gasteiger partial charge < -0.3 is 20.8 Å². The molecule has 8 heteroatoms. The predicted molar refractivity (Wildman–Crippen MR) is 150 cm³/mol. The Morgan fingerprint density at radius 3 is 2.71 bits per heavy atom. The number of hydrogen-bond donors (Lipinski definition) is 4. The molecule has 4 aromatic rings. The van der Waals surface area contributed by atoms with Crippen LogP contribution in [0.5, 0.6) is 5.75 Å². The van der Waals surface area contributed by atoms with Crippen molar-refractivity contribution >= 4 is 28.3 Å². The quantitative estimate of drug-likeness (QED) is 0.144. The standard InChI is InChI=1S/C30H37N5O3/c1-4-22(36)11-6-5-7-12-27(30-32-18-28(35-30)20-9-8-10-21(31)15-20)34-29(37)17-24-19(2)33-26-14-13-23(38-3)16-25(24)26/h8-10,13-16,18,27,33H,4-7,11-12,17,31H2,1-3H3,(H,32,35)(H,34,37)/p+1/t27-/m0/s1. The summed E-state index contributed by atoms with van der Waals surface area (Å²) in [6, 6.07) is 13.3. The summed E-state index contributed by atoms with van der Waals surface area (Å²) in [6.45, 7) is 3.89. The molecule has 0 fully saturated rings. The van der Waals surface area contributed by atoms with Gasteiger partial charge >= 0.3 is 0 Å². The molecule has 0 saturated carbocycles. The number of benzene rings is 2. The maximum Gasteiger partial charge on any atom is 0.275 e. The Morgan fingerprint density at radius 2 is 1.95 bits per heavy atom. The number of amides is 1. The summed E-state index contributed by atoms with van der Waals surface area (Å²) >= 11 is 0. The maximum atomic E-state index is 13.3. The van der Waals surface area contributed by atoms with Crippen LogP contribution in [0.4, 0.5) is 5.69 Å². The number of methoxy groups -OCH3 is 1. The third-order valence-electron chi connectivity index (χ3n) is 7.03. The minimum Gasteiger partial charge on any atom is -0.497 e. The van der Waals surface area contributed by atoms with Crippen LogP contribution in [0, 0.1) is 6.92 Å². The number of anilines is 1. The van der Waals surface area contributed by atoms with Crippen LogP contribution in [0.3, 0.4) is 0 Å². The van der Waals surface area contributed by atoms with Crippen molar-refractivity contribution < 1.29 is 19.3 Å². The molecule has 8 nitrogen and oxygen atoms in total. The molecule has 2 heterocycles. The Bertz CT molecular complexity index is 1400. The van der Waals surface area contributed by atoms with Crippen molar-refractivity contribution in [3.8, 4) is 17.0 Å². The highest BCUT2D eigenvalue weighted by molar-refractivity contribution is 5.91. The van der Waals surface area contributed by atoms with E-state index in [1.54, 1.807) is 7.11 Å². The highest BCUT2D eigenvalue weighted by atomic mass is 16.5. The summed E-state index contributed by atoms with van der Waals surface area (Å²) in [5.74, 6) is 1.83. The molecule has 0 bridgehead atoms. The molecule has 0 unspecified atom stereocenters. The summed E-state index contributed by atoms with van der Waals surface area (Å²) in [5, 5.41) is 4.23. The van der Waals surface area contributed by atoms with Crippen molar-refractivity contribution in [3.63, 3.8) is 0 Å². The van der Waals surface area contributed by atoms with Crippen molar-refractivity contribution in [1.82, 2.24) is 15.3 Å². The average molecular weight is 517 g/mol. The van der Waals surface area contributed by atoms with Crippen LogP contribution in [0.1, 0.15) is 68.6 Å². The molecule has 200 valence electrons. The van der Waals surface area contributed by atoms with E-state index >= 15 is 0 Å². The van der Waals surface area contributed by atoms with E-state index in [1.165, 1.54) is 0 Å². The van der Waals surface area contributed by atoms with Gasteiger partial charge in [0.1, 0.15) is 23.8 Å². The van der Waals surface area contributed by atoms with E-state index in [2.05, 4.69) is 20.3 Å². The number of unbranched alkanes of at least 4 members (excludes halogenated alkanes) is 2. The number of imidazole rings is 1. The number of aromatic amines is 3. The van der Waals surface area contributed by atoms with Crippen molar-refractivity contribution in [1.29, 1.82) is 0 Å². The number of H-pyrrole nitrogens is 3. The zero-order valence-corrected chi connectivity index (χ0v) is 22.4. The second-order valence-electron chi connectivity index (χ2n) is 9.79. The smallest absolute Gasteiger partial charge is 0.275 e. The fourth-order valence-electron chi connectivity index (χ4n) is 4.85. The molecule has 0 aliphatic carbocycles. The molecule has 2 aromatic carbocycles. The number of rotatable bonds is 13. The van der Waals surface area contributed by atoms with Gasteiger partial charge in [-0.2, -0.15) is 0 Å². The summed E-state index contributed by atoms with van der Waals surface area (Å²) in [5.41, 5.74) is 11.4. The molecule has 1 atom stereocenters. The first-order valence-corrected chi connectivity index (χ1v) is 13.3. The van der Waals surface area contributed by atoms with E-state index in [1.807, 2.05) is 62.5 Å². The summed E-state index contributed by atoms with van der Waals surface area (Å²) in [4.78, 5) is 35.1. The Hall–Kier alpha value is -4.07. The number of ketones is 1. The number of Topliss-reactive ketones (excluding diaryl/α,β-unsaturated/α-hetero) is 1. The van der Waals surface area contributed by atoms with Crippen LogP contribution in [-0.4, -0.2) is 28.8 Å². The third kappa shape index (κ3) is 6.62. The van der Waals surface area contributed by atoms with E-state index in [0.717, 1.165) is 70.7 Å². The number of fused-ring (bicyclic) bond motifs is 1. The molecule has 38 heavy (non-hydrogen) atoms. The van der Waals surface area contributed by atoms with Crippen molar-refractivity contribution in [3.05, 3.63) is 65.7 Å². The minimum atomic E-state index is -0.223. The Kier molecular flexibility index (Phi) is 8.84. The molecule has 4 rings (SSSR count). The Balaban J connectivity index is 1.50. The largest absolute Gasteiger partial charge is 0.497 e. The van der Waals surface area contributed by atoms with Gasteiger partial charge in [0.2, 0.25) is 5.91 Å². The van der Waals surface area contributed by atoms with Crippen molar-refractivity contribution in [2.45, 2.75) is 64.8 Å². The lowest BCUT2D eigenvalue weighted by Crippen LogP contribution is -2.33. The fraction of sp³-hybridized carbons (Fsp3) is 0.367. The first-order valence-electron chi connectivity index (χ1n) is 13.3. The molecule has 0 aliphatic rings. The van der Waals surface area contributed by atoms with Crippen LogP contribution in [0.15, 0.2) is 48.7 Å². The first kappa shape index (κ1) is 27.0. The van der Waals surface area contributed by atoms with Gasteiger partial charge in [0.05, 0.1) is 13.5 Å². The second kappa shape index (κ2) is 12.4. The molecule has 6 N–H and O–H groups in total. The molecule has 0 saturated heterocycles. The number of ether oxygens (including phenoxy) is 1. The number of nitrogen functional groups attached to an aromatic ring is 1. The van der Waals surface area contributed by atoms with Crippen LogP contribution < -0.4 is 20.8 Å². The molecule has 0 radical (unpaired) electrons. The van der Waals surface area contributed by atoms with Gasteiger partial charge in [-0.3, -0.25) is 9.59 Å². The second-order valence-corrected chi connectivity index (χ2v) is 9.79. The van der Waals surface area contributed by atoms with Gasteiger partial charge in [-0.25, -0.2) is 9.97 Å². The molecule has 0 aliphatic heterocycles. The topological polar surface area (TPSA) is 127 Å². The van der Waals surface area contributed by atoms with Crippen LogP contribution in [0.25, 0.3) is 22.2 Å². The number of aromatic nitrogens is 3. The molecule has 2 aromatic heterocycles. The Labute approximate surface area is 223 Å². The first-order chi connectivity index (χ1) is 18.4. The number of nitrogens with one attached hydrogen (secondary N) is 4. The number of hydrogen-bond acceptors (Lipinski definition) is 4. The molecular formula is C30H38N5O3+. The van der Waals surface area contributed by atoms with E-state index in [-0.39, 0.29) is 18.4 Å². The third-order valence-corrected chi connectivity index (χ3v) is 7.03. The van der Waals surface area contributed by atoms with E-state index < -0.39 is 0 Å². The lowest BCUT2D eigenvalue weighted by molar-refractivity contribution is -0.391. The van der Waals surface area contributed by atoms with E-state index in [9.17, 15) is 9.59 Å². The zero-order chi connectivity index (χ0) is 27.1. The number of carbonyl (C=O) groups excluding carboxylic acids is 2. The summed E-state index contributed by atoms with van der Waals surface area (Å²) in [7, 11) is 1.64. The van der Waals surface area contributed by atoms with Gasteiger partial charge in [-0.15, -0.1) is 0 Å². The van der Waals surface area contributed by atoms with Crippen molar-refractivity contribution in [2.24, 2.45) is 0 Å². The van der Waals surface area contributed by atoms with Crippen LogP contribution in [-0.2, 0) is 16.0 Å². The summed E-state index contributed by atoms with van der Waals surface area (Å²) in [6.07, 6.45) is 6.80. The predicted octanol–water partition coefficient (Wildman–Crippen LogP) is 5.21. The van der Waals surface area contributed by atoms with Crippen molar-refractivity contribution in [2.75, 3.05) is 12.8 Å². The lowest BCUT2D eigenvalue weighted by atomic mass is 10.0. The van der Waals surface area contributed by atoms with Gasteiger partial charge in [0.15, 0.2) is 5.69 Å². The number of aryl methyl sites for hydroxylation is 1. The molecule has 1 amide bonds. The fourth-order valence-corrected chi connectivity index (χ4v) is 4.85. The average Bonchev–Trinajstić information content (AvgIpc) is 3.52. The maximum absolute atomic E-state index is 13.3. The Morgan fingerprint density at radius 1 is 1.11 bits per heavy atom. The number of nitrogens with two attached hydrogens (primary N) is 1. The van der Waals surface area contributed by atoms with E-state index in [0.29, 0.717) is 24.3 Å². The van der Waals surface area contributed by atoms with E-state index in [4.69, 9.17) is 10.5 Å². The molecule has 0 spiro atoms. The minimum absolute atomic E-state index is 0.0588. The van der Waals surface area contributed by atoms with Gasteiger partial charge in [0.25, 0.3) is 5.82 Å². The number of carbonyl (C=O) groups is 2. The SMILES string of the molecule is CCC(=O)CCCCC[C@H](NC(=O)Cc1c(C)[nH]c2ccc(OC)cc12)c1[nH]c(-c2cccc(N)c2)c[nH+]1. The monoisotopic (exact) mass is 516 g/mol. The highest BCUT2D eigenvalue weighted by Gasteiger charge is 2.24.